The topological polar surface area (TPSA) is 66.8 Å². The number of hydrogen-bond donors (Lipinski definition) is 1. The second-order valence-electron chi connectivity index (χ2n) is 3.72. The lowest BCUT2D eigenvalue weighted by molar-refractivity contribution is -0.163. The molecule has 0 unspecified atom stereocenters. The summed E-state index contributed by atoms with van der Waals surface area (Å²) in [5, 5.41) is 9.59. The largest absolute Gasteiger partial charge is 0.391 e. The fraction of sp³-hybridized carbons (Fsp3) is 0.778. The molecular formula is C9H13NO4. The highest BCUT2D eigenvalue weighted by Crippen LogP contribution is 2.25. The van der Waals surface area contributed by atoms with Gasteiger partial charge in [-0.2, -0.15) is 0 Å². The molecule has 2 rings (SSSR count). The standard InChI is InChI=1S/C9H13NO4/c11-7-3-1-2-6(7)10-8(12)4-14-5-9(10)13/h6-7,11H,1-5H2/t6-,7-/m0/s1. The summed E-state index contributed by atoms with van der Waals surface area (Å²) in [4.78, 5) is 24.0. The Morgan fingerprint density at radius 2 is 1.86 bits per heavy atom. The van der Waals surface area contributed by atoms with Gasteiger partial charge in [-0.3, -0.25) is 14.5 Å². The van der Waals surface area contributed by atoms with E-state index in [0.29, 0.717) is 12.8 Å². The first kappa shape index (κ1) is 9.61. The van der Waals surface area contributed by atoms with Crippen LogP contribution in [0.5, 0.6) is 0 Å². The first-order valence-corrected chi connectivity index (χ1v) is 4.81. The molecule has 0 spiro atoms. The van der Waals surface area contributed by atoms with Crippen LogP contribution in [0.2, 0.25) is 0 Å². The molecule has 0 aromatic carbocycles. The van der Waals surface area contributed by atoms with E-state index in [9.17, 15) is 14.7 Å². The first-order chi connectivity index (χ1) is 6.70. The van der Waals surface area contributed by atoms with E-state index >= 15 is 0 Å². The SMILES string of the molecule is O=C1COCC(=O)N1[C@H]1CCC[C@@H]1O. The molecule has 78 valence electrons. The van der Waals surface area contributed by atoms with Crippen molar-refractivity contribution in [2.24, 2.45) is 0 Å². The van der Waals surface area contributed by atoms with Crippen LogP contribution in [0.15, 0.2) is 0 Å². The molecule has 1 saturated heterocycles. The highest BCUT2D eigenvalue weighted by Gasteiger charge is 2.39. The van der Waals surface area contributed by atoms with Crippen LogP contribution in [0.25, 0.3) is 0 Å². The third-order valence-corrected chi connectivity index (χ3v) is 2.76. The summed E-state index contributed by atoms with van der Waals surface area (Å²) in [7, 11) is 0. The molecule has 2 aliphatic rings. The van der Waals surface area contributed by atoms with Crippen LogP contribution < -0.4 is 0 Å². The number of aliphatic hydroxyl groups excluding tert-OH is 1. The van der Waals surface area contributed by atoms with Crippen molar-refractivity contribution in [3.8, 4) is 0 Å². The highest BCUT2D eigenvalue weighted by molar-refractivity contribution is 5.98. The number of rotatable bonds is 1. The minimum atomic E-state index is -0.555. The van der Waals surface area contributed by atoms with Crippen LogP contribution in [-0.4, -0.2) is 47.2 Å². The third-order valence-electron chi connectivity index (χ3n) is 2.76. The minimum Gasteiger partial charge on any atom is -0.391 e. The van der Waals surface area contributed by atoms with Crippen molar-refractivity contribution in [1.82, 2.24) is 4.90 Å². The van der Waals surface area contributed by atoms with Crippen LogP contribution in [0, 0.1) is 0 Å². The summed E-state index contributed by atoms with van der Waals surface area (Å²) < 4.78 is 4.80. The number of ether oxygens (including phenoxy) is 1. The summed E-state index contributed by atoms with van der Waals surface area (Å²) in [5.74, 6) is -0.653. The van der Waals surface area contributed by atoms with Gasteiger partial charge in [0.05, 0.1) is 12.1 Å². The minimum absolute atomic E-state index is 0.0467. The Balaban J connectivity index is 2.13. The average Bonchev–Trinajstić information content (AvgIpc) is 2.52. The van der Waals surface area contributed by atoms with E-state index in [1.54, 1.807) is 0 Å². The Bertz CT molecular complexity index is 250. The molecule has 0 bridgehead atoms. The van der Waals surface area contributed by atoms with E-state index in [1.807, 2.05) is 0 Å². The van der Waals surface area contributed by atoms with Crippen molar-refractivity contribution in [3.63, 3.8) is 0 Å². The number of carbonyl (C=O) groups excluding carboxylic acids is 2. The van der Waals surface area contributed by atoms with Crippen molar-refractivity contribution in [1.29, 1.82) is 0 Å². The Morgan fingerprint density at radius 3 is 2.36 bits per heavy atom. The summed E-state index contributed by atoms with van der Waals surface area (Å²) in [6, 6.07) is -0.320. The van der Waals surface area contributed by atoms with Gasteiger partial charge in [-0.25, -0.2) is 0 Å². The molecule has 0 aromatic heterocycles. The molecule has 1 heterocycles. The number of amides is 2. The van der Waals surface area contributed by atoms with Crippen LogP contribution >= 0.6 is 0 Å². The predicted octanol–water partition coefficient (Wildman–Crippen LogP) is -0.715. The Kier molecular flexibility index (Phi) is 2.52. The lowest BCUT2D eigenvalue weighted by Crippen LogP contribution is -2.53. The lowest BCUT2D eigenvalue weighted by atomic mass is 10.1. The van der Waals surface area contributed by atoms with E-state index in [0.717, 1.165) is 6.42 Å². The monoisotopic (exact) mass is 199 g/mol. The number of morpholine rings is 1. The van der Waals surface area contributed by atoms with Gasteiger partial charge >= 0.3 is 0 Å². The molecular weight excluding hydrogens is 186 g/mol. The van der Waals surface area contributed by atoms with Gasteiger partial charge in [-0.15, -0.1) is 0 Å². The second kappa shape index (κ2) is 3.67. The van der Waals surface area contributed by atoms with Gasteiger partial charge in [0.25, 0.3) is 11.8 Å². The molecule has 14 heavy (non-hydrogen) atoms. The highest BCUT2D eigenvalue weighted by atomic mass is 16.5. The normalized spacial score (nSPS) is 33.9. The van der Waals surface area contributed by atoms with Gasteiger partial charge in [-0.05, 0) is 19.3 Å². The molecule has 1 N–H and O–H groups in total. The maximum absolute atomic E-state index is 11.4. The van der Waals surface area contributed by atoms with Crippen molar-refractivity contribution in [3.05, 3.63) is 0 Å². The maximum Gasteiger partial charge on any atom is 0.255 e. The van der Waals surface area contributed by atoms with Crippen LogP contribution in [0.4, 0.5) is 0 Å². The zero-order valence-electron chi connectivity index (χ0n) is 7.81. The van der Waals surface area contributed by atoms with Gasteiger partial charge in [0.15, 0.2) is 0 Å². The summed E-state index contributed by atoms with van der Waals surface area (Å²) in [6.45, 7) is -0.0933. The van der Waals surface area contributed by atoms with Crippen molar-refractivity contribution in [2.75, 3.05) is 13.2 Å². The van der Waals surface area contributed by atoms with Gasteiger partial charge in [0, 0.05) is 0 Å². The first-order valence-electron chi connectivity index (χ1n) is 4.81. The number of carbonyl (C=O) groups is 2. The van der Waals surface area contributed by atoms with Gasteiger partial charge < -0.3 is 9.84 Å². The van der Waals surface area contributed by atoms with Gasteiger partial charge in [-0.1, -0.05) is 0 Å². The smallest absolute Gasteiger partial charge is 0.255 e. The molecule has 2 fully saturated rings. The van der Waals surface area contributed by atoms with Gasteiger partial charge in [0.2, 0.25) is 0 Å². The molecule has 2 atom stereocenters. The van der Waals surface area contributed by atoms with Crippen LogP contribution in [0.3, 0.4) is 0 Å². The van der Waals surface area contributed by atoms with Crippen LogP contribution in [0.1, 0.15) is 19.3 Å². The molecule has 1 aliphatic carbocycles. The lowest BCUT2D eigenvalue weighted by Gasteiger charge is -2.31. The fourth-order valence-corrected chi connectivity index (χ4v) is 2.10. The Hall–Kier alpha value is -0.940. The van der Waals surface area contributed by atoms with E-state index in [-0.39, 0.29) is 31.1 Å². The second-order valence-corrected chi connectivity index (χ2v) is 3.72. The maximum atomic E-state index is 11.4. The predicted molar refractivity (Wildman–Crippen MR) is 46.3 cm³/mol. The number of imide groups is 1. The molecule has 5 nitrogen and oxygen atoms in total. The molecule has 0 radical (unpaired) electrons. The molecule has 2 amide bonds. The van der Waals surface area contributed by atoms with Gasteiger partial charge in [0.1, 0.15) is 13.2 Å². The molecule has 1 aliphatic heterocycles. The quantitative estimate of drug-likeness (QED) is 0.566. The Labute approximate surface area is 81.6 Å². The average molecular weight is 199 g/mol. The van der Waals surface area contributed by atoms with E-state index in [1.165, 1.54) is 4.90 Å². The summed E-state index contributed by atoms with van der Waals surface area (Å²) in [5.41, 5.74) is 0. The van der Waals surface area contributed by atoms with E-state index < -0.39 is 6.10 Å². The molecule has 0 aromatic rings. The summed E-state index contributed by atoms with van der Waals surface area (Å²) in [6.07, 6.45) is 1.69. The number of hydrogen-bond acceptors (Lipinski definition) is 4. The zero-order valence-corrected chi connectivity index (χ0v) is 7.81. The van der Waals surface area contributed by atoms with Crippen molar-refractivity contribution in [2.45, 2.75) is 31.4 Å². The summed E-state index contributed by atoms with van der Waals surface area (Å²) >= 11 is 0. The fourth-order valence-electron chi connectivity index (χ4n) is 2.10. The molecule has 1 saturated carbocycles. The number of nitrogens with zero attached hydrogens (tertiary/aromatic N) is 1. The van der Waals surface area contributed by atoms with Crippen molar-refractivity contribution >= 4 is 11.8 Å². The molecule has 5 heteroatoms. The van der Waals surface area contributed by atoms with Crippen molar-refractivity contribution < 1.29 is 19.4 Å². The zero-order chi connectivity index (χ0) is 10.1. The van der Waals surface area contributed by atoms with Crippen LogP contribution in [-0.2, 0) is 14.3 Å². The van der Waals surface area contributed by atoms with E-state index in [2.05, 4.69) is 0 Å². The van der Waals surface area contributed by atoms with E-state index in [4.69, 9.17) is 4.74 Å². The Morgan fingerprint density at radius 1 is 1.21 bits per heavy atom. The number of aliphatic hydroxyl groups is 1. The third kappa shape index (κ3) is 1.53.